The zero-order chi connectivity index (χ0) is 10.7. The van der Waals surface area contributed by atoms with Gasteiger partial charge in [0.2, 0.25) is 5.91 Å². The van der Waals surface area contributed by atoms with E-state index in [2.05, 4.69) is 5.32 Å². The molecule has 0 heterocycles. The molecular weight excluding hydrogens is 186 g/mol. The Labute approximate surface area is 83.1 Å². The second-order valence-corrected chi connectivity index (χ2v) is 3.74. The SMILES string of the molecule is COCC1CC(NC(C)=O)C(O)C1O. The first-order valence-corrected chi connectivity index (χ1v) is 4.68. The van der Waals surface area contributed by atoms with E-state index >= 15 is 0 Å². The number of hydrogen-bond donors (Lipinski definition) is 3. The van der Waals surface area contributed by atoms with E-state index in [1.165, 1.54) is 6.92 Å². The van der Waals surface area contributed by atoms with Crippen LogP contribution in [0.4, 0.5) is 0 Å². The lowest BCUT2D eigenvalue weighted by Crippen LogP contribution is -2.42. The average Bonchev–Trinajstić information content (AvgIpc) is 2.34. The molecule has 5 heteroatoms. The number of rotatable bonds is 3. The third kappa shape index (κ3) is 2.43. The number of aliphatic hydroxyl groups is 2. The van der Waals surface area contributed by atoms with Crippen LogP contribution >= 0.6 is 0 Å². The fourth-order valence-corrected chi connectivity index (χ4v) is 1.91. The van der Waals surface area contributed by atoms with Crippen molar-refractivity contribution < 1.29 is 19.7 Å². The minimum atomic E-state index is -0.890. The molecule has 1 aliphatic rings. The minimum absolute atomic E-state index is 0.105. The highest BCUT2D eigenvalue weighted by Gasteiger charge is 2.41. The molecule has 4 unspecified atom stereocenters. The van der Waals surface area contributed by atoms with E-state index in [4.69, 9.17) is 4.74 Å². The summed E-state index contributed by atoms with van der Waals surface area (Å²) in [6, 6.07) is -0.359. The lowest BCUT2D eigenvalue weighted by molar-refractivity contribution is -0.120. The molecule has 1 rings (SSSR count). The first-order chi connectivity index (χ1) is 6.56. The molecule has 1 fully saturated rings. The van der Waals surface area contributed by atoms with Crippen LogP contribution in [0.1, 0.15) is 13.3 Å². The normalized spacial score (nSPS) is 37.1. The number of hydrogen-bond acceptors (Lipinski definition) is 4. The van der Waals surface area contributed by atoms with Crippen LogP contribution in [0.2, 0.25) is 0 Å². The fourth-order valence-electron chi connectivity index (χ4n) is 1.91. The van der Waals surface area contributed by atoms with Gasteiger partial charge in [0.05, 0.1) is 18.8 Å². The van der Waals surface area contributed by atoms with Gasteiger partial charge in [-0.1, -0.05) is 0 Å². The number of carbonyl (C=O) groups excluding carboxylic acids is 1. The predicted octanol–water partition coefficient (Wildman–Crippen LogP) is -1.12. The molecule has 1 amide bonds. The summed E-state index contributed by atoms with van der Waals surface area (Å²) in [4.78, 5) is 10.8. The topological polar surface area (TPSA) is 78.8 Å². The molecule has 14 heavy (non-hydrogen) atoms. The monoisotopic (exact) mass is 203 g/mol. The molecule has 0 aromatic rings. The molecule has 4 atom stereocenters. The van der Waals surface area contributed by atoms with Crippen LogP contribution in [-0.4, -0.2) is 48.1 Å². The van der Waals surface area contributed by atoms with Crippen LogP contribution in [0, 0.1) is 5.92 Å². The Morgan fingerprint density at radius 1 is 1.50 bits per heavy atom. The van der Waals surface area contributed by atoms with Crippen molar-refractivity contribution in [1.82, 2.24) is 5.32 Å². The second-order valence-electron chi connectivity index (χ2n) is 3.74. The average molecular weight is 203 g/mol. The van der Waals surface area contributed by atoms with Crippen molar-refractivity contribution in [3.63, 3.8) is 0 Å². The summed E-state index contributed by atoms with van der Waals surface area (Å²) in [7, 11) is 1.55. The molecule has 0 aromatic carbocycles. The molecule has 0 saturated heterocycles. The summed E-state index contributed by atoms with van der Waals surface area (Å²) in [5, 5.41) is 21.8. The largest absolute Gasteiger partial charge is 0.390 e. The first-order valence-electron chi connectivity index (χ1n) is 4.68. The van der Waals surface area contributed by atoms with Gasteiger partial charge in [0.15, 0.2) is 0 Å². The Morgan fingerprint density at radius 3 is 2.64 bits per heavy atom. The maximum Gasteiger partial charge on any atom is 0.217 e. The van der Waals surface area contributed by atoms with E-state index in [9.17, 15) is 15.0 Å². The smallest absolute Gasteiger partial charge is 0.217 e. The number of carbonyl (C=O) groups is 1. The van der Waals surface area contributed by atoms with Gasteiger partial charge in [-0.05, 0) is 6.42 Å². The zero-order valence-electron chi connectivity index (χ0n) is 8.43. The van der Waals surface area contributed by atoms with Gasteiger partial charge in [-0.3, -0.25) is 4.79 Å². The van der Waals surface area contributed by atoms with E-state index in [0.29, 0.717) is 13.0 Å². The molecule has 0 aliphatic heterocycles. The third-order valence-electron chi connectivity index (χ3n) is 2.57. The van der Waals surface area contributed by atoms with E-state index in [-0.39, 0.29) is 17.9 Å². The van der Waals surface area contributed by atoms with Gasteiger partial charge >= 0.3 is 0 Å². The highest BCUT2D eigenvalue weighted by atomic mass is 16.5. The van der Waals surface area contributed by atoms with Crippen molar-refractivity contribution in [2.75, 3.05) is 13.7 Å². The van der Waals surface area contributed by atoms with E-state index in [1.807, 2.05) is 0 Å². The van der Waals surface area contributed by atoms with Gasteiger partial charge in [-0.2, -0.15) is 0 Å². The lowest BCUT2D eigenvalue weighted by atomic mass is 10.1. The highest BCUT2D eigenvalue weighted by molar-refractivity contribution is 5.73. The Morgan fingerprint density at radius 2 is 2.14 bits per heavy atom. The Hall–Kier alpha value is -0.650. The van der Waals surface area contributed by atoms with Crippen LogP contribution in [0.15, 0.2) is 0 Å². The van der Waals surface area contributed by atoms with Crippen LogP contribution in [-0.2, 0) is 9.53 Å². The maximum absolute atomic E-state index is 10.8. The van der Waals surface area contributed by atoms with Crippen molar-refractivity contribution in [3.8, 4) is 0 Å². The molecule has 3 N–H and O–H groups in total. The van der Waals surface area contributed by atoms with Gasteiger partial charge in [-0.15, -0.1) is 0 Å². The van der Waals surface area contributed by atoms with Gasteiger partial charge in [0.1, 0.15) is 6.10 Å². The fraction of sp³-hybridized carbons (Fsp3) is 0.889. The predicted molar refractivity (Wildman–Crippen MR) is 49.6 cm³/mol. The molecule has 0 spiro atoms. The number of aliphatic hydroxyl groups excluding tert-OH is 2. The molecule has 0 aromatic heterocycles. The summed E-state index contributed by atoms with van der Waals surface area (Å²) in [6.45, 7) is 1.79. The van der Waals surface area contributed by atoms with Gasteiger partial charge in [0.25, 0.3) is 0 Å². The molecule has 0 radical (unpaired) electrons. The van der Waals surface area contributed by atoms with E-state index < -0.39 is 12.2 Å². The van der Waals surface area contributed by atoms with Crippen LogP contribution in [0.3, 0.4) is 0 Å². The van der Waals surface area contributed by atoms with Gasteiger partial charge in [-0.25, -0.2) is 0 Å². The molecule has 5 nitrogen and oxygen atoms in total. The number of methoxy groups -OCH3 is 1. The Bertz CT molecular complexity index is 209. The zero-order valence-corrected chi connectivity index (χ0v) is 8.43. The van der Waals surface area contributed by atoms with Crippen molar-refractivity contribution in [2.24, 2.45) is 5.92 Å². The Balaban J connectivity index is 2.52. The number of ether oxygens (including phenoxy) is 1. The number of amides is 1. The van der Waals surface area contributed by atoms with Crippen LogP contribution < -0.4 is 5.32 Å². The first kappa shape index (κ1) is 11.4. The summed E-state index contributed by atoms with van der Waals surface area (Å²) in [5.74, 6) is -0.300. The standard InChI is InChI=1S/C9H17NO4/c1-5(11)10-7-3-6(4-14-2)8(12)9(7)13/h6-9,12-13H,3-4H2,1-2H3,(H,10,11). The van der Waals surface area contributed by atoms with Crippen molar-refractivity contribution in [3.05, 3.63) is 0 Å². The van der Waals surface area contributed by atoms with Gasteiger partial charge < -0.3 is 20.3 Å². The third-order valence-corrected chi connectivity index (χ3v) is 2.57. The summed E-state index contributed by atoms with van der Waals surface area (Å²) in [5.41, 5.74) is 0. The van der Waals surface area contributed by atoms with Crippen molar-refractivity contribution in [2.45, 2.75) is 31.6 Å². The molecule has 1 saturated carbocycles. The van der Waals surface area contributed by atoms with E-state index in [0.717, 1.165) is 0 Å². The minimum Gasteiger partial charge on any atom is -0.390 e. The summed E-state index contributed by atoms with van der Waals surface area (Å²) in [6.07, 6.45) is -1.15. The summed E-state index contributed by atoms with van der Waals surface area (Å²) < 4.78 is 4.91. The quantitative estimate of drug-likeness (QED) is 0.543. The van der Waals surface area contributed by atoms with Crippen LogP contribution in [0.5, 0.6) is 0 Å². The van der Waals surface area contributed by atoms with Gasteiger partial charge in [0, 0.05) is 20.0 Å². The van der Waals surface area contributed by atoms with Crippen molar-refractivity contribution in [1.29, 1.82) is 0 Å². The van der Waals surface area contributed by atoms with E-state index in [1.54, 1.807) is 7.11 Å². The molecule has 0 bridgehead atoms. The van der Waals surface area contributed by atoms with Crippen LogP contribution in [0.25, 0.3) is 0 Å². The molecule has 82 valence electrons. The second kappa shape index (κ2) is 4.72. The summed E-state index contributed by atoms with van der Waals surface area (Å²) >= 11 is 0. The Kier molecular flexibility index (Phi) is 3.86. The highest BCUT2D eigenvalue weighted by Crippen LogP contribution is 2.26. The molecular formula is C9H17NO4. The lowest BCUT2D eigenvalue weighted by Gasteiger charge is -2.17. The molecule has 1 aliphatic carbocycles. The number of nitrogens with one attached hydrogen (secondary N) is 1. The van der Waals surface area contributed by atoms with Crippen molar-refractivity contribution >= 4 is 5.91 Å². The maximum atomic E-state index is 10.8.